The van der Waals surface area contributed by atoms with Crippen LogP contribution in [0.2, 0.25) is 0 Å². The van der Waals surface area contributed by atoms with Gasteiger partial charge in [0, 0.05) is 86.0 Å². The largest absolute Gasteiger partial charge is 0.370 e. The number of carbonyl (C=O) groups excluding carboxylic acids is 4. The summed E-state index contributed by atoms with van der Waals surface area (Å²) in [6, 6.07) is 55.4. The molecule has 0 radical (unpaired) electrons. The van der Waals surface area contributed by atoms with E-state index in [4.69, 9.17) is 22.9 Å². The Bertz CT molecular complexity index is 3210. The number of hydrogen-bond donors (Lipinski definition) is 8. The molecule has 0 saturated carbocycles. The minimum Gasteiger partial charge on any atom is -0.370 e. The first-order valence-corrected chi connectivity index (χ1v) is 28.7. The van der Waals surface area contributed by atoms with Gasteiger partial charge in [-0.25, -0.2) is 0 Å². The average Bonchev–Trinajstić information content (AvgIpc) is 3.76. The van der Waals surface area contributed by atoms with Crippen molar-refractivity contribution in [2.24, 2.45) is 32.9 Å². The van der Waals surface area contributed by atoms with Gasteiger partial charge in [0.05, 0.1) is 12.1 Å². The van der Waals surface area contributed by atoms with Crippen LogP contribution in [-0.4, -0.2) is 122 Å². The van der Waals surface area contributed by atoms with Gasteiger partial charge in [-0.05, 0) is 120 Å². The highest BCUT2D eigenvalue weighted by molar-refractivity contribution is 9.10. The molecule has 2 heterocycles. The van der Waals surface area contributed by atoms with Gasteiger partial charge in [-0.15, -0.1) is 0 Å². The summed E-state index contributed by atoms with van der Waals surface area (Å²) in [5, 5.41) is 17.4. The van der Waals surface area contributed by atoms with Gasteiger partial charge in [-0.1, -0.05) is 149 Å². The molecule has 0 spiro atoms. The minimum atomic E-state index is -0.417. The van der Waals surface area contributed by atoms with Crippen LogP contribution in [0, 0.1) is 0 Å². The first kappa shape index (κ1) is 59.0. The molecule has 2 aliphatic rings. The molecule has 0 aliphatic carbocycles. The van der Waals surface area contributed by atoms with Gasteiger partial charge in [-0.3, -0.25) is 29.2 Å². The van der Waals surface area contributed by atoms with Crippen LogP contribution in [0.4, 0.5) is 0 Å². The lowest BCUT2D eigenvalue weighted by molar-refractivity contribution is -0.133. The number of aliphatic imine (C=N–C) groups is 2. The van der Waals surface area contributed by atoms with Crippen LogP contribution >= 0.6 is 15.9 Å². The maximum absolute atomic E-state index is 14.0. The SMILES string of the molecule is NC(N)=NCCC[C@@H]1N[C@H](CNC(=O)c2ccc3cc(Br)ccc3c2)CCN(CC(c2ccccc2)c2ccccc2)C1=O.NC(N)=NCCC[C@@H]1N[C@H](CNC(=O)c2ccc3ccccc3c2)CCN(CCc2ccccc2)C1=O. The van der Waals surface area contributed by atoms with Crippen molar-refractivity contribution in [1.82, 2.24) is 31.1 Å². The molecule has 4 amide bonds. The van der Waals surface area contributed by atoms with Gasteiger partial charge < -0.3 is 54.0 Å². The van der Waals surface area contributed by atoms with Crippen LogP contribution in [0.5, 0.6) is 0 Å². The van der Waals surface area contributed by atoms with Crippen LogP contribution < -0.4 is 44.2 Å². The third kappa shape index (κ3) is 17.7. The molecule has 12 N–H and O–H groups in total. The molecule has 2 fully saturated rings. The van der Waals surface area contributed by atoms with E-state index < -0.39 is 6.04 Å². The second-order valence-corrected chi connectivity index (χ2v) is 21.6. The topological polar surface area (TPSA) is 252 Å². The fourth-order valence-corrected chi connectivity index (χ4v) is 10.9. The number of hydrogen-bond acceptors (Lipinski definition) is 8. The van der Waals surface area contributed by atoms with E-state index in [-0.39, 0.29) is 59.6 Å². The van der Waals surface area contributed by atoms with Crippen molar-refractivity contribution in [3.8, 4) is 0 Å². The molecule has 0 bridgehead atoms. The zero-order valence-corrected chi connectivity index (χ0v) is 47.4. The molecule has 422 valence electrons. The standard InChI is InChI=1S/C35H39BrN6O2.C29H36N6O2/c36-29-16-15-26-20-28(14-13-27(26)21-29)33(43)40-22-30-17-19-42(34(44)32(41-30)12-7-18-39-35(37)38)23-31(24-8-3-1-4-9-24)25-10-5-2-6-11-25;30-29(31)32-16-6-11-26-28(37)35(17-14-21-7-2-1-3-8-21)18-15-25(34-26)20-33-27(36)24-13-12-22-9-4-5-10-23(22)19-24/h1-6,8-11,13-16,20-21,30-32,41H,7,12,17-19,22-23H2,(H,40,43)(H4,37,38,39);1-5,7-10,12-13,19,25-26,34H,6,11,14-18,20H2,(H,33,36)(H4,30,31,32)/t30-,32-;25-,26-/m00/s1. The van der Waals surface area contributed by atoms with E-state index >= 15 is 0 Å². The second-order valence-electron chi connectivity index (χ2n) is 20.7. The summed E-state index contributed by atoms with van der Waals surface area (Å²) in [6.45, 7) is 4.21. The first-order valence-electron chi connectivity index (χ1n) is 28.0. The fourth-order valence-electron chi connectivity index (χ4n) is 10.5. The van der Waals surface area contributed by atoms with Crippen LogP contribution in [-0.2, 0) is 16.0 Å². The number of guanidine groups is 2. The Labute approximate surface area is 483 Å². The minimum absolute atomic E-state index is 0.0249. The molecule has 17 heteroatoms. The van der Waals surface area contributed by atoms with Crippen molar-refractivity contribution >= 4 is 73.0 Å². The number of amides is 4. The summed E-state index contributed by atoms with van der Waals surface area (Å²) < 4.78 is 0.997. The van der Waals surface area contributed by atoms with Crippen molar-refractivity contribution in [2.75, 3.05) is 52.4 Å². The highest BCUT2D eigenvalue weighted by Crippen LogP contribution is 2.28. The third-order valence-electron chi connectivity index (χ3n) is 14.9. The third-order valence-corrected chi connectivity index (χ3v) is 15.4. The van der Waals surface area contributed by atoms with Gasteiger partial charge in [0.25, 0.3) is 11.8 Å². The number of nitrogens with two attached hydrogens (primary N) is 4. The van der Waals surface area contributed by atoms with E-state index in [1.54, 1.807) is 0 Å². The molecule has 4 atom stereocenters. The van der Waals surface area contributed by atoms with Gasteiger partial charge >= 0.3 is 0 Å². The van der Waals surface area contributed by atoms with Gasteiger partial charge in [0.1, 0.15) is 0 Å². The Kier molecular flexibility index (Phi) is 21.8. The lowest BCUT2D eigenvalue weighted by Gasteiger charge is -2.29. The summed E-state index contributed by atoms with van der Waals surface area (Å²) in [6.07, 6.45) is 4.80. The normalized spacial score (nSPS) is 17.4. The van der Waals surface area contributed by atoms with E-state index in [2.05, 4.69) is 83.6 Å². The van der Waals surface area contributed by atoms with E-state index in [1.165, 1.54) is 16.7 Å². The zero-order chi connectivity index (χ0) is 56.9. The van der Waals surface area contributed by atoms with E-state index in [0.717, 1.165) is 38.9 Å². The van der Waals surface area contributed by atoms with Gasteiger partial charge in [0.15, 0.2) is 11.9 Å². The van der Waals surface area contributed by atoms with Crippen molar-refractivity contribution < 1.29 is 19.2 Å². The monoisotopic (exact) mass is 1150 g/mol. The van der Waals surface area contributed by atoms with E-state index in [1.807, 2.05) is 143 Å². The molecule has 2 aliphatic heterocycles. The summed E-state index contributed by atoms with van der Waals surface area (Å²) in [5.74, 6) is 0.0228. The van der Waals surface area contributed by atoms with Crippen LogP contribution in [0.1, 0.15) is 81.8 Å². The van der Waals surface area contributed by atoms with Crippen LogP contribution in [0.25, 0.3) is 21.5 Å². The molecule has 16 nitrogen and oxygen atoms in total. The number of benzene rings is 7. The molecule has 0 aromatic heterocycles. The molecule has 9 rings (SSSR count). The number of fused-ring (bicyclic) bond motifs is 2. The zero-order valence-electron chi connectivity index (χ0n) is 45.8. The summed E-state index contributed by atoms with van der Waals surface area (Å²) in [7, 11) is 0. The van der Waals surface area contributed by atoms with Crippen LogP contribution in [0.15, 0.2) is 184 Å². The maximum Gasteiger partial charge on any atom is 0.251 e. The summed E-state index contributed by atoms with van der Waals surface area (Å²) in [5.41, 5.74) is 26.7. The first-order chi connectivity index (χ1) is 39.4. The number of rotatable bonds is 21. The molecule has 7 aromatic carbocycles. The van der Waals surface area contributed by atoms with Crippen molar-refractivity contribution in [1.29, 1.82) is 0 Å². The van der Waals surface area contributed by atoms with E-state index in [9.17, 15) is 19.2 Å². The summed E-state index contributed by atoms with van der Waals surface area (Å²) in [4.78, 5) is 65.6. The Morgan fingerprint density at radius 3 is 1.54 bits per heavy atom. The maximum atomic E-state index is 14.0. The van der Waals surface area contributed by atoms with Gasteiger partial charge in [-0.2, -0.15) is 0 Å². The summed E-state index contributed by atoms with van der Waals surface area (Å²) >= 11 is 3.50. The number of carbonyl (C=O) groups is 4. The number of nitrogens with zero attached hydrogens (tertiary/aromatic N) is 4. The van der Waals surface area contributed by atoms with Crippen LogP contribution in [0.3, 0.4) is 0 Å². The Hall–Kier alpha value is -8.12. The smallest absolute Gasteiger partial charge is 0.251 e. The van der Waals surface area contributed by atoms with Crippen molar-refractivity contribution in [2.45, 2.75) is 75.0 Å². The molecule has 0 unspecified atom stereocenters. The molecule has 7 aromatic rings. The highest BCUT2D eigenvalue weighted by atomic mass is 79.9. The average molecular weight is 1160 g/mol. The number of nitrogens with one attached hydrogen (secondary N) is 4. The highest BCUT2D eigenvalue weighted by Gasteiger charge is 2.33. The molecular weight excluding hydrogens is 1080 g/mol. The predicted molar refractivity (Wildman–Crippen MR) is 329 cm³/mol. The lowest BCUT2D eigenvalue weighted by Crippen LogP contribution is -2.49. The molecular formula is C64H75BrN12O4. The second kappa shape index (κ2) is 29.9. The van der Waals surface area contributed by atoms with Crippen molar-refractivity contribution in [3.05, 3.63) is 202 Å². The number of halogens is 1. The fraction of sp³-hybridized carbons (Fsp3) is 0.312. The Morgan fingerprint density at radius 1 is 0.556 bits per heavy atom. The van der Waals surface area contributed by atoms with Crippen molar-refractivity contribution in [3.63, 3.8) is 0 Å². The molecule has 2 saturated heterocycles. The lowest BCUT2D eigenvalue weighted by atomic mass is 9.90. The van der Waals surface area contributed by atoms with Gasteiger partial charge in [0.2, 0.25) is 11.8 Å². The van der Waals surface area contributed by atoms with E-state index in [0.29, 0.717) is 95.6 Å². The molecule has 81 heavy (non-hydrogen) atoms. The quantitative estimate of drug-likeness (QED) is 0.0204. The predicted octanol–water partition coefficient (Wildman–Crippen LogP) is 7.20. The Balaban J connectivity index is 0.000000216. The Morgan fingerprint density at radius 2 is 1.00 bits per heavy atom.